The van der Waals surface area contributed by atoms with Crippen molar-refractivity contribution < 1.29 is 0 Å². The molecule has 1 saturated carbocycles. The quantitative estimate of drug-likeness (QED) is 0.560. The third kappa shape index (κ3) is 3.62. The van der Waals surface area contributed by atoms with Crippen LogP contribution in [0, 0.1) is 5.92 Å². The predicted octanol–water partition coefficient (Wildman–Crippen LogP) is 4.04. The zero-order valence-electron chi connectivity index (χ0n) is 10.8. The largest absolute Gasteiger partial charge is 0.308 e. The Morgan fingerprint density at radius 3 is 2.38 bits per heavy atom. The van der Waals surface area contributed by atoms with E-state index in [1.807, 2.05) is 0 Å². The highest BCUT2D eigenvalue weighted by Gasteiger charge is 2.21. The summed E-state index contributed by atoms with van der Waals surface area (Å²) in [6, 6.07) is 1.37. The second-order valence-corrected chi connectivity index (χ2v) is 5.67. The zero-order chi connectivity index (χ0) is 11.2. The maximum Gasteiger partial charge on any atom is 0.0252 e. The molecule has 1 heteroatoms. The molecule has 2 rings (SSSR count). The molecule has 2 aliphatic carbocycles. The van der Waals surface area contributed by atoms with E-state index < -0.39 is 0 Å². The topological polar surface area (TPSA) is 12.0 Å². The van der Waals surface area contributed by atoms with E-state index in [1.165, 1.54) is 57.8 Å². The first-order valence-corrected chi connectivity index (χ1v) is 7.29. The molecule has 1 N–H and O–H groups in total. The standard InChI is InChI=1S/C15H27N/c1-13(14-9-5-2-3-6-10-14)16-15-11-7-4-8-12-15/h7,11,13-16H,2-6,8-10,12H2,1H3/t13-,15?/m1/s1. The molecule has 0 radical (unpaired) electrons. The first kappa shape index (κ1) is 12.2. The zero-order valence-corrected chi connectivity index (χ0v) is 10.8. The Hall–Kier alpha value is -0.300. The van der Waals surface area contributed by atoms with Gasteiger partial charge in [-0.15, -0.1) is 0 Å². The van der Waals surface area contributed by atoms with Crippen LogP contribution < -0.4 is 5.32 Å². The average Bonchev–Trinajstić information content (AvgIpc) is 2.59. The van der Waals surface area contributed by atoms with Crippen molar-refractivity contribution in [1.29, 1.82) is 0 Å². The lowest BCUT2D eigenvalue weighted by molar-refractivity contribution is 0.315. The Bertz CT molecular complexity index is 213. The van der Waals surface area contributed by atoms with Crippen molar-refractivity contribution in [3.63, 3.8) is 0 Å². The highest BCUT2D eigenvalue weighted by molar-refractivity contribution is 4.98. The summed E-state index contributed by atoms with van der Waals surface area (Å²) < 4.78 is 0. The molecule has 0 aliphatic heterocycles. The molecule has 0 aromatic rings. The Morgan fingerprint density at radius 2 is 1.75 bits per heavy atom. The highest BCUT2D eigenvalue weighted by atomic mass is 14.9. The Morgan fingerprint density at radius 1 is 1.00 bits per heavy atom. The Kier molecular flexibility index (Phi) is 4.90. The second-order valence-electron chi connectivity index (χ2n) is 5.67. The summed E-state index contributed by atoms with van der Waals surface area (Å²) in [5.41, 5.74) is 0. The molecule has 0 saturated heterocycles. The van der Waals surface area contributed by atoms with Gasteiger partial charge in [0.15, 0.2) is 0 Å². The number of allylic oxidation sites excluding steroid dienone is 1. The molecule has 0 spiro atoms. The molecule has 0 aromatic carbocycles. The predicted molar refractivity (Wildman–Crippen MR) is 70.6 cm³/mol. The average molecular weight is 221 g/mol. The van der Waals surface area contributed by atoms with Crippen LogP contribution >= 0.6 is 0 Å². The maximum absolute atomic E-state index is 3.83. The second kappa shape index (κ2) is 6.44. The molecule has 0 heterocycles. The number of rotatable bonds is 3. The minimum absolute atomic E-state index is 0.659. The number of hydrogen-bond acceptors (Lipinski definition) is 1. The lowest BCUT2D eigenvalue weighted by atomic mass is 9.91. The minimum Gasteiger partial charge on any atom is -0.308 e. The lowest BCUT2D eigenvalue weighted by Crippen LogP contribution is -2.40. The fourth-order valence-corrected chi connectivity index (χ4v) is 3.24. The summed E-state index contributed by atoms with van der Waals surface area (Å²) in [7, 11) is 0. The van der Waals surface area contributed by atoms with Crippen LogP contribution in [0.3, 0.4) is 0 Å². The van der Waals surface area contributed by atoms with E-state index in [9.17, 15) is 0 Å². The molecule has 16 heavy (non-hydrogen) atoms. The molecule has 1 fully saturated rings. The van der Waals surface area contributed by atoms with Crippen LogP contribution in [-0.4, -0.2) is 12.1 Å². The summed E-state index contributed by atoms with van der Waals surface area (Å²) in [6.45, 7) is 2.40. The monoisotopic (exact) mass is 221 g/mol. The van der Waals surface area contributed by atoms with Crippen molar-refractivity contribution in [2.24, 2.45) is 5.92 Å². The van der Waals surface area contributed by atoms with E-state index >= 15 is 0 Å². The van der Waals surface area contributed by atoms with Gasteiger partial charge in [0.2, 0.25) is 0 Å². The van der Waals surface area contributed by atoms with E-state index in [4.69, 9.17) is 0 Å². The highest BCUT2D eigenvalue weighted by Crippen LogP contribution is 2.26. The van der Waals surface area contributed by atoms with Crippen LogP contribution in [0.15, 0.2) is 12.2 Å². The van der Waals surface area contributed by atoms with Gasteiger partial charge in [0.1, 0.15) is 0 Å². The van der Waals surface area contributed by atoms with Crippen molar-refractivity contribution in [2.75, 3.05) is 0 Å². The Labute approximate surface area is 101 Å². The van der Waals surface area contributed by atoms with Gasteiger partial charge >= 0.3 is 0 Å². The summed E-state index contributed by atoms with van der Waals surface area (Å²) in [4.78, 5) is 0. The SMILES string of the molecule is C[C@@H](NC1C=CCCC1)C1CCCCCC1. The van der Waals surface area contributed by atoms with E-state index in [2.05, 4.69) is 24.4 Å². The van der Waals surface area contributed by atoms with Gasteiger partial charge in [0.05, 0.1) is 0 Å². The third-order valence-corrected chi connectivity index (χ3v) is 4.34. The van der Waals surface area contributed by atoms with E-state index in [1.54, 1.807) is 0 Å². The van der Waals surface area contributed by atoms with Gasteiger partial charge in [0, 0.05) is 12.1 Å². The summed E-state index contributed by atoms with van der Waals surface area (Å²) >= 11 is 0. The van der Waals surface area contributed by atoms with Gasteiger partial charge in [-0.3, -0.25) is 0 Å². The van der Waals surface area contributed by atoms with E-state index in [0.717, 1.165) is 5.92 Å². The van der Waals surface area contributed by atoms with Crippen LogP contribution in [0.25, 0.3) is 0 Å². The molecule has 1 nitrogen and oxygen atoms in total. The van der Waals surface area contributed by atoms with Crippen LogP contribution in [0.1, 0.15) is 64.7 Å². The Balaban J connectivity index is 1.78. The molecule has 2 atom stereocenters. The van der Waals surface area contributed by atoms with Crippen molar-refractivity contribution in [3.8, 4) is 0 Å². The van der Waals surface area contributed by atoms with Gasteiger partial charge < -0.3 is 5.32 Å². The van der Waals surface area contributed by atoms with Crippen LogP contribution in [0.2, 0.25) is 0 Å². The minimum atomic E-state index is 0.659. The first-order chi connectivity index (χ1) is 7.86. The molecular weight excluding hydrogens is 194 g/mol. The molecule has 92 valence electrons. The van der Waals surface area contributed by atoms with Crippen molar-refractivity contribution in [2.45, 2.75) is 76.8 Å². The van der Waals surface area contributed by atoms with Gasteiger partial charge in [-0.25, -0.2) is 0 Å². The van der Waals surface area contributed by atoms with Gasteiger partial charge in [-0.2, -0.15) is 0 Å². The van der Waals surface area contributed by atoms with Crippen molar-refractivity contribution in [3.05, 3.63) is 12.2 Å². The van der Waals surface area contributed by atoms with E-state index in [-0.39, 0.29) is 0 Å². The summed E-state index contributed by atoms with van der Waals surface area (Å²) in [5, 5.41) is 3.83. The van der Waals surface area contributed by atoms with E-state index in [0.29, 0.717) is 12.1 Å². The first-order valence-electron chi connectivity index (χ1n) is 7.29. The molecule has 0 aromatic heterocycles. The van der Waals surface area contributed by atoms with Crippen LogP contribution in [-0.2, 0) is 0 Å². The fraction of sp³-hybridized carbons (Fsp3) is 0.867. The molecule has 1 unspecified atom stereocenters. The molecule has 0 amide bonds. The summed E-state index contributed by atoms with van der Waals surface area (Å²) in [5.74, 6) is 0.929. The van der Waals surface area contributed by atoms with Gasteiger partial charge in [-0.05, 0) is 44.9 Å². The molecule has 2 aliphatic rings. The van der Waals surface area contributed by atoms with Gasteiger partial charge in [-0.1, -0.05) is 37.8 Å². The third-order valence-electron chi connectivity index (χ3n) is 4.34. The molecular formula is C15H27N. The molecule has 0 bridgehead atoms. The number of nitrogens with one attached hydrogen (secondary N) is 1. The number of hydrogen-bond donors (Lipinski definition) is 1. The van der Waals surface area contributed by atoms with Crippen molar-refractivity contribution >= 4 is 0 Å². The van der Waals surface area contributed by atoms with Crippen LogP contribution in [0.5, 0.6) is 0 Å². The summed E-state index contributed by atoms with van der Waals surface area (Å²) in [6.07, 6.45) is 17.5. The van der Waals surface area contributed by atoms with Crippen molar-refractivity contribution in [1.82, 2.24) is 5.32 Å². The fourth-order valence-electron chi connectivity index (χ4n) is 3.24. The van der Waals surface area contributed by atoms with Gasteiger partial charge in [0.25, 0.3) is 0 Å². The smallest absolute Gasteiger partial charge is 0.0252 e. The lowest BCUT2D eigenvalue weighted by Gasteiger charge is -2.28. The van der Waals surface area contributed by atoms with Crippen LogP contribution in [0.4, 0.5) is 0 Å². The maximum atomic E-state index is 3.83. The normalized spacial score (nSPS) is 29.9.